The lowest BCUT2D eigenvalue weighted by Gasteiger charge is -2.17. The number of carbonyl (C=O) groups excluding carboxylic acids is 1. The van der Waals surface area contributed by atoms with Crippen LogP contribution in [0.1, 0.15) is 24.0 Å². The van der Waals surface area contributed by atoms with Gasteiger partial charge in [0, 0.05) is 25.2 Å². The summed E-state index contributed by atoms with van der Waals surface area (Å²) in [6.45, 7) is 3.41. The Morgan fingerprint density at radius 2 is 1.81 bits per heavy atom. The molecule has 27 heavy (non-hydrogen) atoms. The van der Waals surface area contributed by atoms with Crippen LogP contribution in [0.5, 0.6) is 11.5 Å². The van der Waals surface area contributed by atoms with E-state index < -0.39 is 0 Å². The minimum Gasteiger partial charge on any atom is -0.497 e. The zero-order chi connectivity index (χ0) is 18.9. The van der Waals surface area contributed by atoms with Gasteiger partial charge in [-0.3, -0.25) is 4.79 Å². The van der Waals surface area contributed by atoms with Gasteiger partial charge in [0.15, 0.2) is 6.61 Å². The highest BCUT2D eigenvalue weighted by molar-refractivity contribution is 5.78. The van der Waals surface area contributed by atoms with Crippen molar-refractivity contribution in [3.63, 3.8) is 0 Å². The molecular weight excluding hydrogens is 340 g/mol. The molecule has 3 rings (SSSR count). The number of hydrogen-bond acceptors (Lipinski definition) is 4. The summed E-state index contributed by atoms with van der Waals surface area (Å²) in [5.41, 5.74) is 2.34. The molecule has 1 aliphatic rings. The van der Waals surface area contributed by atoms with Crippen LogP contribution in [0, 0.1) is 0 Å². The van der Waals surface area contributed by atoms with Crippen LogP contribution in [0.3, 0.4) is 0 Å². The Morgan fingerprint density at radius 1 is 1.07 bits per heavy atom. The molecule has 1 fully saturated rings. The van der Waals surface area contributed by atoms with Gasteiger partial charge in [0.25, 0.3) is 5.91 Å². The van der Waals surface area contributed by atoms with E-state index >= 15 is 0 Å². The van der Waals surface area contributed by atoms with Crippen LogP contribution in [0.25, 0.3) is 0 Å². The normalized spacial score (nSPS) is 13.6. The van der Waals surface area contributed by atoms with Gasteiger partial charge in [0.05, 0.1) is 7.11 Å². The van der Waals surface area contributed by atoms with Gasteiger partial charge in [-0.25, -0.2) is 0 Å². The lowest BCUT2D eigenvalue weighted by Crippen LogP contribution is -2.32. The fourth-order valence-electron chi connectivity index (χ4n) is 3.24. The summed E-state index contributed by atoms with van der Waals surface area (Å²) in [5, 5.41) is 3.46. The Morgan fingerprint density at radius 3 is 2.56 bits per heavy atom. The molecule has 2 aromatic rings. The van der Waals surface area contributed by atoms with Gasteiger partial charge < -0.3 is 19.7 Å². The first-order valence-electron chi connectivity index (χ1n) is 9.58. The van der Waals surface area contributed by atoms with Gasteiger partial charge in [-0.2, -0.15) is 0 Å². The Kier molecular flexibility index (Phi) is 7.11. The summed E-state index contributed by atoms with van der Waals surface area (Å²) in [6, 6.07) is 16.0. The summed E-state index contributed by atoms with van der Waals surface area (Å²) in [4.78, 5) is 14.1. The third-order valence-corrected chi connectivity index (χ3v) is 4.85. The molecule has 1 amide bonds. The highest BCUT2D eigenvalue weighted by Crippen LogP contribution is 2.18. The number of carbonyl (C=O) groups is 1. The van der Waals surface area contributed by atoms with Crippen molar-refractivity contribution in [2.75, 3.05) is 33.4 Å². The van der Waals surface area contributed by atoms with E-state index in [2.05, 4.69) is 17.4 Å². The molecule has 144 valence electrons. The number of rotatable bonds is 9. The minimum atomic E-state index is 0.0785. The average Bonchev–Trinajstić information content (AvgIpc) is 3.25. The predicted molar refractivity (Wildman–Crippen MR) is 106 cm³/mol. The summed E-state index contributed by atoms with van der Waals surface area (Å²) in [7, 11) is 1.68. The van der Waals surface area contributed by atoms with Crippen molar-refractivity contribution in [1.82, 2.24) is 10.2 Å². The molecular formula is C22H28N2O3. The van der Waals surface area contributed by atoms with Crippen molar-refractivity contribution < 1.29 is 14.3 Å². The number of likely N-dealkylation sites (tertiary alicyclic amines) is 1. The van der Waals surface area contributed by atoms with Crippen LogP contribution in [-0.2, 0) is 17.8 Å². The second-order valence-corrected chi connectivity index (χ2v) is 6.76. The van der Waals surface area contributed by atoms with Crippen molar-refractivity contribution in [3.05, 3.63) is 59.7 Å². The minimum absolute atomic E-state index is 0.0785. The van der Waals surface area contributed by atoms with Crippen molar-refractivity contribution in [1.29, 1.82) is 0 Å². The van der Waals surface area contributed by atoms with Gasteiger partial charge in [-0.1, -0.05) is 30.3 Å². The van der Waals surface area contributed by atoms with Gasteiger partial charge >= 0.3 is 0 Å². The standard InChI is InChI=1S/C22H28N2O3/c1-26-20-10-8-18(9-11-20)12-13-23-16-19-6-2-3-7-21(19)27-17-22(25)24-14-4-5-15-24/h2-3,6-11,23H,4-5,12-17H2,1H3. The molecule has 0 aliphatic carbocycles. The van der Waals surface area contributed by atoms with Gasteiger partial charge in [-0.05, 0) is 49.6 Å². The summed E-state index contributed by atoms with van der Waals surface area (Å²) in [5.74, 6) is 1.73. The maximum absolute atomic E-state index is 12.2. The highest BCUT2D eigenvalue weighted by Gasteiger charge is 2.18. The fraction of sp³-hybridized carbons (Fsp3) is 0.409. The molecule has 0 bridgehead atoms. The van der Waals surface area contributed by atoms with E-state index in [1.165, 1.54) is 5.56 Å². The van der Waals surface area contributed by atoms with Crippen molar-refractivity contribution in [2.45, 2.75) is 25.8 Å². The molecule has 0 radical (unpaired) electrons. The largest absolute Gasteiger partial charge is 0.497 e. The number of benzene rings is 2. The van der Waals surface area contributed by atoms with Crippen molar-refractivity contribution >= 4 is 5.91 Å². The monoisotopic (exact) mass is 368 g/mol. The zero-order valence-corrected chi connectivity index (χ0v) is 15.9. The third-order valence-electron chi connectivity index (χ3n) is 4.85. The second-order valence-electron chi connectivity index (χ2n) is 6.76. The van der Waals surface area contributed by atoms with E-state index in [0.29, 0.717) is 6.54 Å². The van der Waals surface area contributed by atoms with E-state index in [4.69, 9.17) is 9.47 Å². The topological polar surface area (TPSA) is 50.8 Å². The molecule has 1 N–H and O–H groups in total. The Bertz CT molecular complexity index is 725. The fourth-order valence-corrected chi connectivity index (χ4v) is 3.24. The number of para-hydroxylation sites is 1. The van der Waals surface area contributed by atoms with Crippen molar-refractivity contribution in [2.24, 2.45) is 0 Å². The third kappa shape index (κ3) is 5.73. The van der Waals surface area contributed by atoms with E-state index in [9.17, 15) is 4.79 Å². The number of amides is 1. The number of nitrogens with zero attached hydrogens (tertiary/aromatic N) is 1. The zero-order valence-electron chi connectivity index (χ0n) is 15.9. The van der Waals surface area contributed by atoms with Crippen LogP contribution in [0.2, 0.25) is 0 Å². The summed E-state index contributed by atoms with van der Waals surface area (Å²) in [6.07, 6.45) is 3.14. The molecule has 0 aromatic heterocycles. The first kappa shape index (κ1) is 19.2. The first-order valence-corrected chi connectivity index (χ1v) is 9.58. The van der Waals surface area contributed by atoms with Gasteiger partial charge in [0.2, 0.25) is 0 Å². The summed E-state index contributed by atoms with van der Waals surface area (Å²) < 4.78 is 11.0. The SMILES string of the molecule is COc1ccc(CCNCc2ccccc2OCC(=O)N2CCCC2)cc1. The van der Waals surface area contributed by atoms with Crippen molar-refractivity contribution in [3.8, 4) is 11.5 Å². The lowest BCUT2D eigenvalue weighted by molar-refractivity contribution is -0.132. The number of nitrogens with one attached hydrogen (secondary N) is 1. The first-order chi connectivity index (χ1) is 13.3. The summed E-state index contributed by atoms with van der Waals surface area (Å²) >= 11 is 0. The van der Waals surface area contributed by atoms with Crippen LogP contribution in [-0.4, -0.2) is 44.2 Å². The molecule has 5 heteroatoms. The number of hydrogen-bond donors (Lipinski definition) is 1. The van der Waals surface area contributed by atoms with Gasteiger partial charge in [-0.15, -0.1) is 0 Å². The molecule has 0 spiro atoms. The molecule has 1 saturated heterocycles. The molecule has 1 heterocycles. The smallest absolute Gasteiger partial charge is 0.260 e. The van der Waals surface area contributed by atoms with Crippen LogP contribution in [0.4, 0.5) is 0 Å². The lowest BCUT2D eigenvalue weighted by atomic mass is 10.1. The number of ether oxygens (including phenoxy) is 2. The van der Waals surface area contributed by atoms with Crippen LogP contribution in [0.15, 0.2) is 48.5 Å². The molecule has 0 saturated carbocycles. The van der Waals surface area contributed by atoms with E-state index in [-0.39, 0.29) is 12.5 Å². The van der Waals surface area contributed by atoms with E-state index in [1.54, 1.807) is 7.11 Å². The van der Waals surface area contributed by atoms with Crippen LogP contribution >= 0.6 is 0 Å². The Labute approximate surface area is 161 Å². The quantitative estimate of drug-likeness (QED) is 0.691. The maximum Gasteiger partial charge on any atom is 0.260 e. The predicted octanol–water partition coefficient (Wildman–Crippen LogP) is 3.03. The Hall–Kier alpha value is -2.53. The molecule has 1 aliphatic heterocycles. The molecule has 5 nitrogen and oxygen atoms in total. The molecule has 2 aromatic carbocycles. The average molecular weight is 368 g/mol. The second kappa shape index (κ2) is 9.97. The maximum atomic E-state index is 12.2. The number of methoxy groups -OCH3 is 1. The van der Waals surface area contributed by atoms with E-state index in [1.807, 2.05) is 41.3 Å². The van der Waals surface area contributed by atoms with Gasteiger partial charge in [0.1, 0.15) is 11.5 Å². The molecule has 0 atom stereocenters. The van der Waals surface area contributed by atoms with Crippen LogP contribution < -0.4 is 14.8 Å². The molecule has 0 unspecified atom stereocenters. The Balaban J connectivity index is 1.44. The van der Waals surface area contributed by atoms with E-state index in [0.717, 1.165) is 56.0 Å². The highest BCUT2D eigenvalue weighted by atomic mass is 16.5.